The van der Waals surface area contributed by atoms with E-state index in [0.29, 0.717) is 34.9 Å². The molecule has 0 saturated carbocycles. The molecule has 0 unspecified atom stereocenters. The summed E-state index contributed by atoms with van der Waals surface area (Å²) in [5.41, 5.74) is 2.85. The molecule has 5 nitrogen and oxygen atoms in total. The van der Waals surface area contributed by atoms with Crippen LogP contribution in [0.3, 0.4) is 0 Å². The highest BCUT2D eigenvalue weighted by atomic mass is 35.5. The number of carbonyl (C=O) groups is 2. The quantitative estimate of drug-likeness (QED) is 0.524. The molecule has 1 fully saturated rings. The van der Waals surface area contributed by atoms with E-state index >= 15 is 0 Å². The number of thioether (sulfide) groups is 1. The highest BCUT2D eigenvalue weighted by Crippen LogP contribution is 2.30. The van der Waals surface area contributed by atoms with Crippen molar-refractivity contribution >= 4 is 46.6 Å². The second-order valence-electron chi connectivity index (χ2n) is 6.94. The fourth-order valence-corrected chi connectivity index (χ4v) is 4.31. The zero-order chi connectivity index (χ0) is 20.9. The molecule has 2 heterocycles. The molecule has 2 amide bonds. The molecule has 0 spiro atoms. The van der Waals surface area contributed by atoms with Crippen molar-refractivity contribution in [3.05, 3.63) is 83.1 Å². The average molecular weight is 438 g/mol. The van der Waals surface area contributed by atoms with Crippen molar-refractivity contribution in [1.29, 1.82) is 0 Å². The van der Waals surface area contributed by atoms with E-state index in [4.69, 9.17) is 11.6 Å². The molecule has 1 N–H and O–H groups in total. The number of nitrogens with one attached hydrogen (secondary N) is 1. The van der Waals surface area contributed by atoms with Crippen LogP contribution < -0.4 is 10.2 Å². The van der Waals surface area contributed by atoms with Crippen LogP contribution in [0.1, 0.15) is 28.8 Å². The van der Waals surface area contributed by atoms with Gasteiger partial charge in [0.1, 0.15) is 0 Å². The van der Waals surface area contributed by atoms with E-state index in [1.54, 1.807) is 41.1 Å². The molecular formula is C23H20ClN3O2S. The lowest BCUT2D eigenvalue weighted by atomic mass is 10.1. The van der Waals surface area contributed by atoms with Gasteiger partial charge in [-0.2, -0.15) is 0 Å². The highest BCUT2D eigenvalue weighted by Gasteiger charge is 2.26. The summed E-state index contributed by atoms with van der Waals surface area (Å²) in [5.74, 6) is 0.579. The third kappa shape index (κ3) is 4.83. The van der Waals surface area contributed by atoms with Crippen molar-refractivity contribution < 1.29 is 9.59 Å². The molecule has 0 radical (unpaired) electrons. The van der Waals surface area contributed by atoms with Crippen molar-refractivity contribution in [2.75, 3.05) is 16.8 Å². The number of halogens is 1. The molecule has 30 heavy (non-hydrogen) atoms. The van der Waals surface area contributed by atoms with Crippen LogP contribution in [0.15, 0.2) is 71.9 Å². The number of pyridine rings is 1. The minimum atomic E-state index is -0.267. The zero-order valence-corrected chi connectivity index (χ0v) is 17.7. The van der Waals surface area contributed by atoms with Crippen LogP contribution in [-0.2, 0) is 10.5 Å². The van der Waals surface area contributed by atoms with Crippen molar-refractivity contribution in [2.45, 2.75) is 23.5 Å². The van der Waals surface area contributed by atoms with Gasteiger partial charge in [0.15, 0.2) is 0 Å². The average Bonchev–Trinajstić information content (AvgIpc) is 3.19. The van der Waals surface area contributed by atoms with Crippen molar-refractivity contribution in [3.8, 4) is 0 Å². The normalized spacial score (nSPS) is 13.5. The van der Waals surface area contributed by atoms with E-state index in [1.807, 2.05) is 42.6 Å². The molecule has 152 valence electrons. The fourth-order valence-electron chi connectivity index (χ4n) is 3.31. The number of anilines is 2. The van der Waals surface area contributed by atoms with E-state index in [2.05, 4.69) is 10.3 Å². The van der Waals surface area contributed by atoms with E-state index < -0.39 is 0 Å². The Morgan fingerprint density at radius 1 is 1.17 bits per heavy atom. The molecule has 2 aromatic carbocycles. The summed E-state index contributed by atoms with van der Waals surface area (Å²) in [6, 6.07) is 16.7. The second kappa shape index (κ2) is 9.32. The largest absolute Gasteiger partial charge is 0.322 e. The maximum absolute atomic E-state index is 12.9. The fraction of sp³-hybridized carbons (Fsp3) is 0.174. The lowest BCUT2D eigenvalue weighted by Gasteiger charge is -2.20. The SMILES string of the molecule is O=C(Nc1ccc(SCc2cccnc2)cc1)c1ccc(Cl)cc1N1CCCC1=O. The molecule has 1 saturated heterocycles. The molecule has 7 heteroatoms. The van der Waals surface area contributed by atoms with Gasteiger partial charge in [0.05, 0.1) is 11.3 Å². The van der Waals surface area contributed by atoms with Gasteiger partial charge >= 0.3 is 0 Å². The van der Waals surface area contributed by atoms with Gasteiger partial charge in [-0.3, -0.25) is 14.6 Å². The molecule has 3 aromatic rings. The molecule has 1 aliphatic rings. The smallest absolute Gasteiger partial charge is 0.257 e. The number of benzene rings is 2. The van der Waals surface area contributed by atoms with Gasteiger partial charge in [-0.05, 0) is 60.5 Å². The lowest BCUT2D eigenvalue weighted by Crippen LogP contribution is -2.27. The Balaban J connectivity index is 1.44. The summed E-state index contributed by atoms with van der Waals surface area (Å²) in [6.07, 6.45) is 4.89. The Morgan fingerprint density at radius 2 is 2.00 bits per heavy atom. The molecule has 4 rings (SSSR count). The first-order valence-corrected chi connectivity index (χ1v) is 11.0. The van der Waals surface area contributed by atoms with Crippen LogP contribution in [0, 0.1) is 0 Å². The van der Waals surface area contributed by atoms with Crippen LogP contribution >= 0.6 is 23.4 Å². The molecule has 0 bridgehead atoms. The topological polar surface area (TPSA) is 62.3 Å². The number of amides is 2. The van der Waals surface area contributed by atoms with Crippen LogP contribution in [0.5, 0.6) is 0 Å². The minimum Gasteiger partial charge on any atom is -0.322 e. The molecular weight excluding hydrogens is 418 g/mol. The number of hydrogen-bond donors (Lipinski definition) is 1. The summed E-state index contributed by atoms with van der Waals surface area (Å²) in [7, 11) is 0. The second-order valence-corrected chi connectivity index (χ2v) is 8.42. The van der Waals surface area contributed by atoms with Crippen molar-refractivity contribution in [2.24, 2.45) is 0 Å². The van der Waals surface area contributed by atoms with E-state index in [-0.39, 0.29) is 11.8 Å². The summed E-state index contributed by atoms with van der Waals surface area (Å²) >= 11 is 7.83. The Morgan fingerprint density at radius 3 is 2.70 bits per heavy atom. The third-order valence-electron chi connectivity index (χ3n) is 4.81. The number of rotatable bonds is 6. The number of hydrogen-bond acceptors (Lipinski definition) is 4. The van der Waals surface area contributed by atoms with Gasteiger partial charge in [0.2, 0.25) is 5.91 Å². The maximum Gasteiger partial charge on any atom is 0.257 e. The molecule has 1 aliphatic heterocycles. The third-order valence-corrected chi connectivity index (χ3v) is 6.13. The van der Waals surface area contributed by atoms with Crippen LogP contribution in [0.4, 0.5) is 11.4 Å². The summed E-state index contributed by atoms with van der Waals surface area (Å²) in [5, 5.41) is 3.41. The minimum absolute atomic E-state index is 0.0151. The Labute approximate surface area is 184 Å². The monoisotopic (exact) mass is 437 g/mol. The Bertz CT molecular complexity index is 1060. The summed E-state index contributed by atoms with van der Waals surface area (Å²) < 4.78 is 0. The van der Waals surface area contributed by atoms with E-state index in [9.17, 15) is 9.59 Å². The highest BCUT2D eigenvalue weighted by molar-refractivity contribution is 7.98. The zero-order valence-electron chi connectivity index (χ0n) is 16.2. The maximum atomic E-state index is 12.9. The Kier molecular flexibility index (Phi) is 6.35. The van der Waals surface area contributed by atoms with Crippen LogP contribution in [0.25, 0.3) is 0 Å². The van der Waals surface area contributed by atoms with Gasteiger partial charge in [-0.15, -0.1) is 11.8 Å². The number of carbonyl (C=O) groups excluding carboxylic acids is 2. The van der Waals surface area contributed by atoms with Gasteiger partial charge in [0.25, 0.3) is 5.91 Å². The van der Waals surface area contributed by atoms with Crippen molar-refractivity contribution in [1.82, 2.24) is 4.98 Å². The summed E-state index contributed by atoms with van der Waals surface area (Å²) in [4.78, 5) is 31.9. The standard InChI is InChI=1S/C23H20ClN3O2S/c24-17-5-10-20(21(13-17)27-12-2-4-22(27)28)23(29)26-18-6-8-19(9-7-18)30-15-16-3-1-11-25-14-16/h1,3,5-11,13-14H,2,4,12,15H2,(H,26,29). The van der Waals surface area contributed by atoms with E-state index in [1.165, 1.54) is 0 Å². The van der Waals surface area contributed by atoms with Gasteiger partial charge in [0, 0.05) is 46.7 Å². The first-order chi connectivity index (χ1) is 14.6. The van der Waals surface area contributed by atoms with Crippen LogP contribution in [0.2, 0.25) is 5.02 Å². The molecule has 1 aromatic heterocycles. The first kappa shape index (κ1) is 20.4. The first-order valence-electron chi connectivity index (χ1n) is 9.63. The predicted octanol–water partition coefficient (Wildman–Crippen LogP) is 5.41. The lowest BCUT2D eigenvalue weighted by molar-refractivity contribution is -0.117. The molecule has 0 aliphatic carbocycles. The number of aromatic nitrogens is 1. The van der Waals surface area contributed by atoms with Gasteiger partial charge < -0.3 is 10.2 Å². The van der Waals surface area contributed by atoms with Gasteiger partial charge in [-0.25, -0.2) is 0 Å². The van der Waals surface area contributed by atoms with Crippen LogP contribution in [-0.4, -0.2) is 23.3 Å². The predicted molar refractivity (Wildman–Crippen MR) is 121 cm³/mol. The number of nitrogens with zero attached hydrogens (tertiary/aromatic N) is 2. The summed E-state index contributed by atoms with van der Waals surface area (Å²) in [6.45, 7) is 0.600. The molecule has 0 atom stereocenters. The van der Waals surface area contributed by atoms with E-state index in [0.717, 1.165) is 22.6 Å². The van der Waals surface area contributed by atoms with Crippen molar-refractivity contribution in [3.63, 3.8) is 0 Å². The van der Waals surface area contributed by atoms with Gasteiger partial charge in [-0.1, -0.05) is 17.7 Å². The Hall–Kier alpha value is -2.83.